The second-order valence-corrected chi connectivity index (χ2v) is 7.88. The Morgan fingerprint density at radius 2 is 1.89 bits per heavy atom. The lowest BCUT2D eigenvalue weighted by Crippen LogP contribution is -2.46. The van der Waals surface area contributed by atoms with E-state index in [9.17, 15) is 0 Å². The molecule has 140 valence electrons. The molecule has 0 bridgehead atoms. The number of halogens is 1. The van der Waals surface area contributed by atoms with E-state index in [0.29, 0.717) is 0 Å². The zero-order valence-electron chi connectivity index (χ0n) is 15.3. The minimum atomic E-state index is 0.793. The summed E-state index contributed by atoms with van der Waals surface area (Å²) in [5.74, 6) is 0.869. The summed E-state index contributed by atoms with van der Waals surface area (Å²) in [6, 6.07) is 16.1. The molecule has 0 spiro atoms. The summed E-state index contributed by atoms with van der Waals surface area (Å²) in [5, 5.41) is 3.96. The second kappa shape index (κ2) is 8.30. The Balaban J connectivity index is 1.38. The normalized spacial score (nSPS) is 15.1. The fraction of sp³-hybridized carbons (Fsp3) is 0.286. The van der Waals surface area contributed by atoms with E-state index in [1.54, 1.807) is 18.4 Å². The van der Waals surface area contributed by atoms with Gasteiger partial charge in [-0.1, -0.05) is 29.8 Å². The van der Waals surface area contributed by atoms with E-state index in [1.807, 2.05) is 36.4 Å². The minimum absolute atomic E-state index is 0.793. The minimum Gasteiger partial charge on any atom is -0.496 e. The summed E-state index contributed by atoms with van der Waals surface area (Å²) in [7, 11) is 1.70. The van der Waals surface area contributed by atoms with Crippen LogP contribution in [0.25, 0.3) is 10.6 Å². The number of ether oxygens (including phenoxy) is 1. The van der Waals surface area contributed by atoms with Crippen molar-refractivity contribution in [2.45, 2.75) is 6.54 Å². The van der Waals surface area contributed by atoms with Gasteiger partial charge in [0.15, 0.2) is 0 Å². The lowest BCUT2D eigenvalue weighted by molar-refractivity contribution is 0.247. The Hall–Kier alpha value is -2.08. The van der Waals surface area contributed by atoms with Gasteiger partial charge in [0, 0.05) is 48.8 Å². The van der Waals surface area contributed by atoms with Gasteiger partial charge in [-0.3, -0.25) is 4.90 Å². The Morgan fingerprint density at radius 1 is 1.07 bits per heavy atom. The zero-order chi connectivity index (χ0) is 18.6. The van der Waals surface area contributed by atoms with Gasteiger partial charge < -0.3 is 9.64 Å². The first kappa shape index (κ1) is 18.3. The number of piperazine rings is 1. The van der Waals surface area contributed by atoms with E-state index in [-0.39, 0.29) is 0 Å². The molecular weight excluding hydrogens is 378 g/mol. The SMILES string of the molecule is COc1ccccc1-c1nc(CN2CCN(c3cccc(Cl)c3)CC2)cs1. The van der Waals surface area contributed by atoms with E-state index < -0.39 is 0 Å². The van der Waals surface area contributed by atoms with Crippen molar-refractivity contribution in [3.63, 3.8) is 0 Å². The fourth-order valence-corrected chi connectivity index (χ4v) is 4.42. The van der Waals surface area contributed by atoms with Gasteiger partial charge in [-0.2, -0.15) is 0 Å². The van der Waals surface area contributed by atoms with Gasteiger partial charge in [0.25, 0.3) is 0 Å². The lowest BCUT2D eigenvalue weighted by atomic mass is 10.2. The number of hydrogen-bond acceptors (Lipinski definition) is 5. The van der Waals surface area contributed by atoms with Crippen LogP contribution in [0, 0.1) is 0 Å². The van der Waals surface area contributed by atoms with Crippen molar-refractivity contribution in [1.29, 1.82) is 0 Å². The summed E-state index contributed by atoms with van der Waals surface area (Å²) < 4.78 is 5.46. The van der Waals surface area contributed by atoms with Gasteiger partial charge in [0.2, 0.25) is 0 Å². The van der Waals surface area contributed by atoms with E-state index in [2.05, 4.69) is 27.3 Å². The second-order valence-electron chi connectivity index (χ2n) is 6.59. The van der Waals surface area contributed by atoms with Gasteiger partial charge in [-0.05, 0) is 30.3 Å². The number of rotatable bonds is 5. The topological polar surface area (TPSA) is 28.6 Å². The third-order valence-electron chi connectivity index (χ3n) is 4.82. The van der Waals surface area contributed by atoms with Crippen molar-refractivity contribution in [2.24, 2.45) is 0 Å². The van der Waals surface area contributed by atoms with Gasteiger partial charge in [-0.15, -0.1) is 11.3 Å². The van der Waals surface area contributed by atoms with Gasteiger partial charge >= 0.3 is 0 Å². The van der Waals surface area contributed by atoms with Crippen LogP contribution in [-0.4, -0.2) is 43.2 Å². The smallest absolute Gasteiger partial charge is 0.129 e. The molecule has 2 heterocycles. The van der Waals surface area contributed by atoms with E-state index in [4.69, 9.17) is 21.3 Å². The maximum absolute atomic E-state index is 6.12. The first-order valence-electron chi connectivity index (χ1n) is 9.03. The molecule has 2 aromatic carbocycles. The molecule has 0 atom stereocenters. The number of para-hydroxylation sites is 1. The van der Waals surface area contributed by atoms with Gasteiger partial charge in [0.05, 0.1) is 18.4 Å². The van der Waals surface area contributed by atoms with Crippen LogP contribution < -0.4 is 9.64 Å². The van der Waals surface area contributed by atoms with Crippen molar-refractivity contribution < 1.29 is 4.74 Å². The predicted octanol–water partition coefficient (Wildman–Crippen LogP) is 4.79. The molecule has 1 aliphatic rings. The molecule has 0 aliphatic carbocycles. The third-order valence-corrected chi connectivity index (χ3v) is 5.98. The zero-order valence-corrected chi connectivity index (χ0v) is 16.8. The van der Waals surface area contributed by atoms with Crippen LogP contribution in [-0.2, 0) is 6.54 Å². The molecule has 3 aromatic rings. The van der Waals surface area contributed by atoms with Crippen LogP contribution in [0.5, 0.6) is 5.75 Å². The molecule has 1 fully saturated rings. The van der Waals surface area contributed by atoms with E-state index in [0.717, 1.165) is 59.8 Å². The summed E-state index contributed by atoms with van der Waals surface area (Å²) in [5.41, 5.74) is 3.38. The number of thiazole rings is 1. The summed E-state index contributed by atoms with van der Waals surface area (Å²) in [6.45, 7) is 4.94. The summed E-state index contributed by atoms with van der Waals surface area (Å²) >= 11 is 7.80. The lowest BCUT2D eigenvalue weighted by Gasteiger charge is -2.35. The molecule has 4 nitrogen and oxygen atoms in total. The van der Waals surface area contributed by atoms with Crippen molar-refractivity contribution in [2.75, 3.05) is 38.2 Å². The number of nitrogens with zero attached hydrogens (tertiary/aromatic N) is 3. The van der Waals surface area contributed by atoms with Crippen LogP contribution >= 0.6 is 22.9 Å². The van der Waals surface area contributed by atoms with Gasteiger partial charge in [0.1, 0.15) is 10.8 Å². The Labute approximate surface area is 169 Å². The highest BCUT2D eigenvalue weighted by atomic mass is 35.5. The highest BCUT2D eigenvalue weighted by Gasteiger charge is 2.19. The van der Waals surface area contributed by atoms with Crippen LogP contribution in [0.3, 0.4) is 0 Å². The van der Waals surface area contributed by atoms with Crippen LogP contribution in [0.4, 0.5) is 5.69 Å². The molecule has 0 N–H and O–H groups in total. The number of aromatic nitrogens is 1. The molecule has 0 amide bonds. The molecule has 1 aliphatic heterocycles. The number of anilines is 1. The first-order chi connectivity index (χ1) is 13.2. The molecule has 6 heteroatoms. The largest absolute Gasteiger partial charge is 0.496 e. The van der Waals surface area contributed by atoms with Crippen molar-refractivity contribution >= 4 is 28.6 Å². The number of methoxy groups -OCH3 is 1. The monoisotopic (exact) mass is 399 g/mol. The molecule has 1 aromatic heterocycles. The quantitative estimate of drug-likeness (QED) is 0.616. The molecule has 0 unspecified atom stereocenters. The van der Waals surface area contributed by atoms with Gasteiger partial charge in [-0.25, -0.2) is 4.98 Å². The van der Waals surface area contributed by atoms with Crippen molar-refractivity contribution in [3.8, 4) is 16.3 Å². The maximum Gasteiger partial charge on any atom is 0.129 e. The molecule has 4 rings (SSSR count). The molecule has 0 radical (unpaired) electrons. The summed E-state index contributed by atoms with van der Waals surface area (Å²) in [6.07, 6.45) is 0. The van der Waals surface area contributed by atoms with E-state index >= 15 is 0 Å². The molecular formula is C21H22ClN3OS. The molecule has 0 saturated carbocycles. The fourth-order valence-electron chi connectivity index (χ4n) is 3.39. The van der Waals surface area contributed by atoms with Crippen LogP contribution in [0.2, 0.25) is 5.02 Å². The highest BCUT2D eigenvalue weighted by molar-refractivity contribution is 7.13. The third kappa shape index (κ3) is 4.26. The van der Waals surface area contributed by atoms with Crippen LogP contribution in [0.15, 0.2) is 53.9 Å². The van der Waals surface area contributed by atoms with Crippen LogP contribution in [0.1, 0.15) is 5.69 Å². The van der Waals surface area contributed by atoms with Crippen molar-refractivity contribution in [1.82, 2.24) is 9.88 Å². The molecule has 27 heavy (non-hydrogen) atoms. The predicted molar refractivity (Wildman–Crippen MR) is 113 cm³/mol. The summed E-state index contributed by atoms with van der Waals surface area (Å²) in [4.78, 5) is 9.69. The number of benzene rings is 2. The highest BCUT2D eigenvalue weighted by Crippen LogP contribution is 2.32. The Bertz CT molecular complexity index is 906. The average molecular weight is 400 g/mol. The number of hydrogen-bond donors (Lipinski definition) is 0. The van der Waals surface area contributed by atoms with E-state index in [1.165, 1.54) is 5.69 Å². The first-order valence-corrected chi connectivity index (χ1v) is 10.3. The standard InChI is InChI=1S/C21H22ClN3OS/c1-26-20-8-3-2-7-19(20)21-23-17(15-27-21)14-24-9-11-25(12-10-24)18-6-4-5-16(22)13-18/h2-8,13,15H,9-12,14H2,1H3. The maximum atomic E-state index is 6.12. The Kier molecular flexibility index (Phi) is 5.62. The molecule has 1 saturated heterocycles. The Morgan fingerprint density at radius 3 is 2.67 bits per heavy atom. The van der Waals surface area contributed by atoms with Crippen molar-refractivity contribution in [3.05, 3.63) is 64.6 Å². The average Bonchev–Trinajstić information content (AvgIpc) is 3.17.